The molecule has 1 unspecified atom stereocenters. The van der Waals surface area contributed by atoms with Crippen LogP contribution in [0, 0.1) is 0 Å². The van der Waals surface area contributed by atoms with Gasteiger partial charge in [0.2, 0.25) is 0 Å². The molecule has 1 atom stereocenters. The maximum atomic E-state index is 2.52. The van der Waals surface area contributed by atoms with Crippen LogP contribution in [0.25, 0.3) is 83.1 Å². The summed E-state index contributed by atoms with van der Waals surface area (Å²) >= 11 is 0. The summed E-state index contributed by atoms with van der Waals surface area (Å²) in [5.74, 6) is 0. The van der Waals surface area contributed by atoms with E-state index in [1.165, 1.54) is 117 Å². The Morgan fingerprint density at radius 2 is 0.833 bits per heavy atom. The van der Waals surface area contributed by atoms with Crippen molar-refractivity contribution in [1.82, 2.24) is 4.57 Å². The summed E-state index contributed by atoms with van der Waals surface area (Å²) in [4.78, 5) is 2.35. The fraction of sp³-hybridized carbons (Fsp3) is 0.0571. The van der Waals surface area contributed by atoms with E-state index in [-0.39, 0.29) is 5.41 Å². The normalized spacial score (nSPS) is 15.2. The van der Waals surface area contributed by atoms with Crippen LogP contribution < -0.4 is 4.90 Å². The first-order chi connectivity index (χ1) is 35.5. The summed E-state index contributed by atoms with van der Waals surface area (Å²) < 4.78 is 2.46. The minimum absolute atomic E-state index is 0.304. The van der Waals surface area contributed by atoms with E-state index in [0.29, 0.717) is 0 Å². The van der Waals surface area contributed by atoms with E-state index in [2.05, 4.69) is 278 Å². The van der Waals surface area contributed by atoms with Gasteiger partial charge in [-0.1, -0.05) is 202 Å². The number of hydrogen-bond acceptors (Lipinski definition) is 1. The van der Waals surface area contributed by atoms with Crippen molar-refractivity contribution in [3.05, 3.63) is 288 Å². The number of aromatic nitrogens is 1. The lowest BCUT2D eigenvalue weighted by Crippen LogP contribution is -2.26. The molecule has 2 nitrogen and oxygen atoms in total. The Balaban J connectivity index is 0.887. The molecule has 0 saturated heterocycles. The zero-order chi connectivity index (χ0) is 47.7. The second kappa shape index (κ2) is 15.3. The summed E-state index contributed by atoms with van der Waals surface area (Å²) in [5.41, 5.74) is 27.4. The minimum Gasteiger partial charge on any atom is -0.311 e. The number of rotatable bonds is 6. The lowest BCUT2D eigenvalue weighted by atomic mass is 9.69. The van der Waals surface area contributed by atoms with Crippen LogP contribution in [0.15, 0.2) is 255 Å². The van der Waals surface area contributed by atoms with Crippen LogP contribution in [-0.2, 0) is 10.8 Å². The molecule has 3 aliphatic carbocycles. The molecule has 1 heterocycles. The molecule has 0 aliphatic heterocycles. The van der Waals surface area contributed by atoms with Gasteiger partial charge < -0.3 is 9.47 Å². The molecule has 0 bridgehead atoms. The van der Waals surface area contributed by atoms with Crippen LogP contribution in [0.1, 0.15) is 47.2 Å². The lowest BCUT2D eigenvalue weighted by Gasteiger charge is -2.31. The van der Waals surface area contributed by atoms with Gasteiger partial charge in [0.25, 0.3) is 0 Å². The third kappa shape index (κ3) is 5.55. The van der Waals surface area contributed by atoms with E-state index in [4.69, 9.17) is 0 Å². The molecule has 0 amide bonds. The van der Waals surface area contributed by atoms with Crippen molar-refractivity contribution in [2.75, 3.05) is 4.90 Å². The van der Waals surface area contributed by atoms with E-state index >= 15 is 0 Å². The number of anilines is 3. The van der Waals surface area contributed by atoms with Crippen LogP contribution in [0.3, 0.4) is 0 Å². The number of para-hydroxylation sites is 3. The van der Waals surface area contributed by atoms with Crippen molar-refractivity contribution >= 4 is 38.9 Å². The van der Waals surface area contributed by atoms with Crippen LogP contribution in [0.4, 0.5) is 17.1 Å². The standard InChI is InChI=1S/C70H48N2/c1-69(2)67-55(56-41-43-64-66(68(56)69)58-26-14-17-29-63(58)72(64)50-22-10-5-11-23-50)40-42-61-65(67)57-25-13-16-28-60(57)70(61)59-27-15-12-24-53(59)54-39-34-48(44-62(54)70)47-32-37-52(38-33-47)71(49-20-8-4-9-21-49)51-35-30-46(31-36-51)45-18-6-3-7-19-45/h3-44H,1-2H3. The predicted molar refractivity (Wildman–Crippen MR) is 300 cm³/mol. The van der Waals surface area contributed by atoms with Gasteiger partial charge in [0.15, 0.2) is 0 Å². The average molecular weight is 917 g/mol. The van der Waals surface area contributed by atoms with Gasteiger partial charge in [-0.3, -0.25) is 0 Å². The van der Waals surface area contributed by atoms with Gasteiger partial charge in [0.05, 0.1) is 16.4 Å². The van der Waals surface area contributed by atoms with E-state index < -0.39 is 5.41 Å². The smallest absolute Gasteiger partial charge is 0.0725 e. The van der Waals surface area contributed by atoms with Crippen molar-refractivity contribution in [2.45, 2.75) is 24.7 Å². The third-order valence-electron chi connectivity index (χ3n) is 16.4. The zero-order valence-electron chi connectivity index (χ0n) is 40.1. The molecular formula is C70H48N2. The van der Waals surface area contributed by atoms with Gasteiger partial charge in [-0.05, 0) is 156 Å². The van der Waals surface area contributed by atoms with E-state index in [9.17, 15) is 0 Å². The van der Waals surface area contributed by atoms with Crippen molar-refractivity contribution in [2.24, 2.45) is 0 Å². The highest BCUT2D eigenvalue weighted by molar-refractivity contribution is 6.15. The fourth-order valence-electron chi connectivity index (χ4n) is 13.5. The molecule has 0 fully saturated rings. The van der Waals surface area contributed by atoms with Crippen LogP contribution in [-0.4, -0.2) is 4.57 Å². The van der Waals surface area contributed by atoms with E-state index in [1.54, 1.807) is 0 Å². The fourth-order valence-corrected chi connectivity index (χ4v) is 13.5. The van der Waals surface area contributed by atoms with Gasteiger partial charge in [-0.25, -0.2) is 0 Å². The van der Waals surface area contributed by atoms with Crippen molar-refractivity contribution in [1.29, 1.82) is 0 Å². The average Bonchev–Trinajstić information content (AvgIpc) is 4.12. The molecule has 3 aliphatic rings. The predicted octanol–water partition coefficient (Wildman–Crippen LogP) is 18.2. The maximum absolute atomic E-state index is 2.52. The molecule has 0 radical (unpaired) electrons. The summed E-state index contributed by atoms with van der Waals surface area (Å²) in [6, 6.07) is 94.7. The molecule has 338 valence electrons. The van der Waals surface area contributed by atoms with E-state index in [1.807, 2.05) is 0 Å². The largest absolute Gasteiger partial charge is 0.311 e. The zero-order valence-corrected chi connectivity index (χ0v) is 40.1. The van der Waals surface area contributed by atoms with E-state index in [0.717, 1.165) is 17.1 Å². The Bertz CT molecular complexity index is 4150. The van der Waals surface area contributed by atoms with Gasteiger partial charge >= 0.3 is 0 Å². The Labute approximate surface area is 420 Å². The quantitative estimate of drug-likeness (QED) is 0.161. The third-order valence-corrected chi connectivity index (χ3v) is 16.4. The van der Waals surface area contributed by atoms with Gasteiger partial charge in [-0.15, -0.1) is 0 Å². The number of hydrogen-bond donors (Lipinski definition) is 0. The van der Waals surface area contributed by atoms with Crippen LogP contribution >= 0.6 is 0 Å². The highest BCUT2D eigenvalue weighted by Gasteiger charge is 2.54. The Morgan fingerprint density at radius 1 is 0.333 bits per heavy atom. The summed E-state index contributed by atoms with van der Waals surface area (Å²) in [6.07, 6.45) is 0. The molecule has 72 heavy (non-hydrogen) atoms. The first-order valence-corrected chi connectivity index (χ1v) is 25.3. The van der Waals surface area contributed by atoms with Crippen molar-refractivity contribution in [3.8, 4) is 61.3 Å². The molecule has 2 heteroatoms. The van der Waals surface area contributed by atoms with Crippen LogP contribution in [0.2, 0.25) is 0 Å². The highest BCUT2D eigenvalue weighted by atomic mass is 15.1. The Morgan fingerprint density at radius 3 is 1.56 bits per heavy atom. The molecule has 11 aromatic carbocycles. The molecule has 15 rings (SSSR count). The molecule has 0 saturated carbocycles. The molecule has 0 N–H and O–H groups in total. The monoisotopic (exact) mass is 916 g/mol. The van der Waals surface area contributed by atoms with Crippen LogP contribution in [0.5, 0.6) is 0 Å². The lowest BCUT2D eigenvalue weighted by molar-refractivity contribution is 0.667. The van der Waals surface area contributed by atoms with Gasteiger partial charge in [0, 0.05) is 38.9 Å². The molecule has 1 aromatic heterocycles. The first-order valence-electron chi connectivity index (χ1n) is 25.3. The minimum atomic E-state index is -0.498. The second-order valence-electron chi connectivity index (χ2n) is 20.3. The summed E-state index contributed by atoms with van der Waals surface area (Å²) in [7, 11) is 0. The number of nitrogens with zero attached hydrogens (tertiary/aromatic N) is 2. The SMILES string of the molecule is CC1(C)c2c(ccc3c2-c2ccccc2C32c3ccccc3-c3ccc(-c4ccc(N(c5ccccc5)c5ccc(-c6ccccc6)cc5)cc4)cc32)-c2ccc3c(c21)c1ccccc1n3-c1ccccc1. The molecular weight excluding hydrogens is 869 g/mol. The Kier molecular flexibility index (Phi) is 8.66. The highest BCUT2D eigenvalue weighted by Crippen LogP contribution is 2.67. The topological polar surface area (TPSA) is 8.17 Å². The summed E-state index contributed by atoms with van der Waals surface area (Å²) in [5, 5.41) is 2.65. The second-order valence-corrected chi connectivity index (χ2v) is 20.3. The Hall–Kier alpha value is -8.98. The number of fused-ring (bicyclic) bond motifs is 18. The van der Waals surface area contributed by atoms with Crippen molar-refractivity contribution in [3.63, 3.8) is 0 Å². The van der Waals surface area contributed by atoms with Gasteiger partial charge in [0.1, 0.15) is 0 Å². The first kappa shape index (κ1) is 40.9. The number of benzene rings is 11. The van der Waals surface area contributed by atoms with Gasteiger partial charge in [-0.2, -0.15) is 0 Å². The summed E-state index contributed by atoms with van der Waals surface area (Å²) in [6.45, 7) is 4.97. The maximum Gasteiger partial charge on any atom is 0.0725 e. The molecule has 12 aromatic rings. The molecule has 1 spiro atoms. The van der Waals surface area contributed by atoms with Crippen molar-refractivity contribution < 1.29 is 0 Å².